The fourth-order valence-corrected chi connectivity index (χ4v) is 1.78. The second-order valence-electron chi connectivity index (χ2n) is 2.30. The molecule has 1 aromatic heterocycles. The molecule has 0 aromatic carbocycles. The molecule has 12 heavy (non-hydrogen) atoms. The van der Waals surface area contributed by atoms with E-state index in [2.05, 4.69) is 21.2 Å². The summed E-state index contributed by atoms with van der Waals surface area (Å²) in [5.41, 5.74) is 0. The first kappa shape index (κ1) is 9.74. The van der Waals surface area contributed by atoms with Gasteiger partial charge in [-0.15, -0.1) is 11.3 Å². The molecule has 1 rings (SSSR count). The fraction of sp³-hybridized carbons (Fsp3) is 0.375. The first-order chi connectivity index (χ1) is 5.83. The number of amides is 1. The van der Waals surface area contributed by atoms with E-state index in [0.717, 1.165) is 5.33 Å². The van der Waals surface area contributed by atoms with Gasteiger partial charge in [0.05, 0.1) is 6.54 Å². The first-order valence-corrected chi connectivity index (χ1v) is 5.68. The van der Waals surface area contributed by atoms with Crippen LogP contribution in [0.3, 0.4) is 0 Å². The minimum atomic E-state index is 0.0975. The first-order valence-electron chi connectivity index (χ1n) is 3.68. The smallest absolute Gasteiger partial charge is 0.221 e. The van der Waals surface area contributed by atoms with Gasteiger partial charge in [-0.1, -0.05) is 22.0 Å². The molecule has 0 saturated heterocycles. The number of alkyl halides is 1. The fourth-order valence-electron chi connectivity index (χ4n) is 0.773. The highest BCUT2D eigenvalue weighted by Gasteiger charge is 1.99. The normalized spacial score (nSPS) is 9.75. The van der Waals surface area contributed by atoms with Crippen LogP contribution in [0.15, 0.2) is 17.5 Å². The van der Waals surface area contributed by atoms with Crippen molar-refractivity contribution in [1.82, 2.24) is 5.32 Å². The van der Waals surface area contributed by atoms with Gasteiger partial charge in [-0.3, -0.25) is 4.79 Å². The molecule has 1 amide bonds. The zero-order valence-corrected chi connectivity index (χ0v) is 8.95. The number of rotatable bonds is 4. The summed E-state index contributed by atoms with van der Waals surface area (Å²) in [6.07, 6.45) is 0.547. The summed E-state index contributed by atoms with van der Waals surface area (Å²) < 4.78 is 0. The second-order valence-corrected chi connectivity index (χ2v) is 4.12. The summed E-state index contributed by atoms with van der Waals surface area (Å²) in [5, 5.41) is 5.56. The quantitative estimate of drug-likeness (QED) is 0.813. The highest BCUT2D eigenvalue weighted by atomic mass is 79.9. The van der Waals surface area contributed by atoms with Crippen molar-refractivity contribution >= 4 is 33.2 Å². The van der Waals surface area contributed by atoms with Crippen molar-refractivity contribution in [3.63, 3.8) is 0 Å². The number of thiophene rings is 1. The molecule has 0 aliphatic rings. The van der Waals surface area contributed by atoms with Gasteiger partial charge in [0.1, 0.15) is 0 Å². The molecule has 4 heteroatoms. The number of carbonyl (C=O) groups excluding carboxylic acids is 1. The zero-order valence-electron chi connectivity index (χ0n) is 6.55. The van der Waals surface area contributed by atoms with Gasteiger partial charge in [-0.05, 0) is 11.4 Å². The van der Waals surface area contributed by atoms with Crippen molar-refractivity contribution in [2.24, 2.45) is 0 Å². The monoisotopic (exact) mass is 247 g/mol. The highest BCUT2D eigenvalue weighted by molar-refractivity contribution is 9.09. The van der Waals surface area contributed by atoms with Gasteiger partial charge < -0.3 is 5.32 Å². The van der Waals surface area contributed by atoms with E-state index in [-0.39, 0.29) is 5.91 Å². The predicted octanol–water partition coefficient (Wildman–Crippen LogP) is 2.15. The van der Waals surface area contributed by atoms with E-state index in [1.165, 1.54) is 4.88 Å². The van der Waals surface area contributed by atoms with Crippen molar-refractivity contribution in [1.29, 1.82) is 0 Å². The summed E-state index contributed by atoms with van der Waals surface area (Å²) in [4.78, 5) is 12.2. The van der Waals surface area contributed by atoms with Crippen molar-refractivity contribution in [3.05, 3.63) is 22.4 Å². The zero-order chi connectivity index (χ0) is 8.81. The van der Waals surface area contributed by atoms with E-state index in [0.29, 0.717) is 13.0 Å². The van der Waals surface area contributed by atoms with Gasteiger partial charge in [-0.25, -0.2) is 0 Å². The molecule has 0 fully saturated rings. The molecule has 0 aliphatic carbocycles. The number of hydrogen-bond donors (Lipinski definition) is 1. The lowest BCUT2D eigenvalue weighted by molar-refractivity contribution is -0.120. The third-order valence-electron chi connectivity index (χ3n) is 1.36. The summed E-state index contributed by atoms with van der Waals surface area (Å²) in [6.45, 7) is 0.656. The highest BCUT2D eigenvalue weighted by Crippen LogP contribution is 2.07. The van der Waals surface area contributed by atoms with Crippen LogP contribution in [-0.2, 0) is 11.3 Å². The van der Waals surface area contributed by atoms with Crippen LogP contribution < -0.4 is 5.32 Å². The molecule has 1 heterocycles. The van der Waals surface area contributed by atoms with Crippen LogP contribution in [0.4, 0.5) is 0 Å². The van der Waals surface area contributed by atoms with Gasteiger partial charge in [0.15, 0.2) is 0 Å². The minimum absolute atomic E-state index is 0.0975. The Hall–Kier alpha value is -0.350. The Bertz CT molecular complexity index is 235. The van der Waals surface area contributed by atoms with Crippen molar-refractivity contribution in [2.75, 3.05) is 5.33 Å². The Balaban J connectivity index is 2.22. The molecule has 0 atom stereocenters. The summed E-state index contributed by atoms with van der Waals surface area (Å²) in [6, 6.07) is 4.00. The molecule has 0 unspecified atom stereocenters. The van der Waals surface area contributed by atoms with Crippen LogP contribution in [0.1, 0.15) is 11.3 Å². The average Bonchev–Trinajstić information content (AvgIpc) is 2.53. The van der Waals surface area contributed by atoms with Crippen LogP contribution in [0.25, 0.3) is 0 Å². The molecule has 66 valence electrons. The van der Waals surface area contributed by atoms with E-state index in [9.17, 15) is 4.79 Å². The molecular weight excluding hydrogens is 238 g/mol. The Morgan fingerprint density at radius 1 is 1.67 bits per heavy atom. The lowest BCUT2D eigenvalue weighted by atomic mass is 10.4. The van der Waals surface area contributed by atoms with Crippen molar-refractivity contribution in [2.45, 2.75) is 13.0 Å². The van der Waals surface area contributed by atoms with E-state index < -0.39 is 0 Å². The van der Waals surface area contributed by atoms with Crippen LogP contribution in [-0.4, -0.2) is 11.2 Å². The summed E-state index contributed by atoms with van der Waals surface area (Å²) in [7, 11) is 0. The molecule has 1 aromatic rings. The van der Waals surface area contributed by atoms with Gasteiger partial charge >= 0.3 is 0 Å². The lowest BCUT2D eigenvalue weighted by Gasteiger charge is -2.00. The average molecular weight is 248 g/mol. The van der Waals surface area contributed by atoms with Crippen LogP contribution in [0, 0.1) is 0 Å². The molecule has 2 nitrogen and oxygen atoms in total. The Morgan fingerprint density at radius 3 is 3.08 bits per heavy atom. The summed E-state index contributed by atoms with van der Waals surface area (Å²) in [5.74, 6) is 0.0975. The molecule has 0 radical (unpaired) electrons. The predicted molar refractivity (Wildman–Crippen MR) is 54.6 cm³/mol. The Morgan fingerprint density at radius 2 is 2.50 bits per heavy atom. The molecule has 0 bridgehead atoms. The lowest BCUT2D eigenvalue weighted by Crippen LogP contribution is -2.22. The second kappa shape index (κ2) is 5.32. The van der Waals surface area contributed by atoms with Gasteiger partial charge in [-0.2, -0.15) is 0 Å². The van der Waals surface area contributed by atoms with E-state index in [1.807, 2.05) is 17.5 Å². The van der Waals surface area contributed by atoms with Crippen molar-refractivity contribution in [3.8, 4) is 0 Å². The maximum Gasteiger partial charge on any atom is 0.221 e. The molecule has 0 saturated carbocycles. The Kier molecular flexibility index (Phi) is 4.32. The van der Waals surface area contributed by atoms with Gasteiger partial charge in [0.25, 0.3) is 0 Å². The standard InChI is InChI=1S/C8H10BrNOS/c9-4-3-8(11)10-6-7-2-1-5-12-7/h1-2,5H,3-4,6H2,(H,10,11). The third-order valence-corrected chi connectivity index (χ3v) is 2.63. The minimum Gasteiger partial charge on any atom is -0.351 e. The number of halogens is 1. The van der Waals surface area contributed by atoms with Gasteiger partial charge in [0, 0.05) is 16.6 Å². The van der Waals surface area contributed by atoms with Crippen LogP contribution in [0.2, 0.25) is 0 Å². The molecule has 0 spiro atoms. The van der Waals surface area contributed by atoms with Crippen LogP contribution in [0.5, 0.6) is 0 Å². The van der Waals surface area contributed by atoms with Crippen molar-refractivity contribution < 1.29 is 4.79 Å². The third kappa shape index (κ3) is 3.36. The molecule has 0 aliphatic heterocycles. The van der Waals surface area contributed by atoms with Gasteiger partial charge in [0.2, 0.25) is 5.91 Å². The SMILES string of the molecule is O=C(CCBr)NCc1cccs1. The number of hydrogen-bond acceptors (Lipinski definition) is 2. The maximum absolute atomic E-state index is 11.0. The number of nitrogens with one attached hydrogen (secondary N) is 1. The largest absolute Gasteiger partial charge is 0.351 e. The summed E-state index contributed by atoms with van der Waals surface area (Å²) >= 11 is 4.87. The number of carbonyl (C=O) groups is 1. The molecule has 1 N–H and O–H groups in total. The van der Waals surface area contributed by atoms with E-state index in [4.69, 9.17) is 0 Å². The van der Waals surface area contributed by atoms with E-state index in [1.54, 1.807) is 11.3 Å². The molecular formula is C8H10BrNOS. The van der Waals surface area contributed by atoms with Crippen LogP contribution >= 0.6 is 27.3 Å². The topological polar surface area (TPSA) is 29.1 Å². The Labute approximate surface area is 84.1 Å². The maximum atomic E-state index is 11.0. The van der Waals surface area contributed by atoms with E-state index >= 15 is 0 Å².